The summed E-state index contributed by atoms with van der Waals surface area (Å²) in [5, 5.41) is 0. The van der Waals surface area contributed by atoms with Gasteiger partial charge in [0.15, 0.2) is 0 Å². The van der Waals surface area contributed by atoms with Crippen LogP contribution in [0.2, 0.25) is 0 Å². The van der Waals surface area contributed by atoms with E-state index in [0.29, 0.717) is 23.7 Å². The van der Waals surface area contributed by atoms with Crippen LogP contribution in [0.5, 0.6) is 0 Å². The molecule has 0 amide bonds. The zero-order valence-corrected chi connectivity index (χ0v) is 14.0. The summed E-state index contributed by atoms with van der Waals surface area (Å²) in [4.78, 5) is 0.301. The molecule has 1 atom stereocenters. The smallest absolute Gasteiger partial charge is 0.243 e. The number of methoxy groups -OCH3 is 1. The molecule has 21 heavy (non-hydrogen) atoms. The van der Waals surface area contributed by atoms with Crippen LogP contribution in [0.4, 0.5) is 5.69 Å². The van der Waals surface area contributed by atoms with Crippen molar-refractivity contribution in [2.75, 3.05) is 37.5 Å². The third kappa shape index (κ3) is 3.71. The number of benzene rings is 1. The van der Waals surface area contributed by atoms with E-state index in [1.54, 1.807) is 48.3 Å². The second-order valence-corrected chi connectivity index (χ2v) is 8.16. The molecule has 1 heterocycles. The van der Waals surface area contributed by atoms with Crippen LogP contribution in [-0.4, -0.2) is 50.5 Å². The lowest BCUT2D eigenvalue weighted by atomic mass is 10.2. The van der Waals surface area contributed by atoms with Gasteiger partial charge in [0.05, 0.1) is 11.5 Å². The monoisotopic (exact) mass is 330 g/mol. The number of anilines is 1. The van der Waals surface area contributed by atoms with E-state index >= 15 is 0 Å². The van der Waals surface area contributed by atoms with Crippen molar-refractivity contribution in [2.45, 2.75) is 24.3 Å². The van der Waals surface area contributed by atoms with Gasteiger partial charge in [0, 0.05) is 31.1 Å². The van der Waals surface area contributed by atoms with Crippen LogP contribution in [0.3, 0.4) is 0 Å². The molecule has 2 rings (SSSR count). The second-order valence-electron chi connectivity index (χ2n) is 5.15. The Hall–Kier alpha value is -0.760. The van der Waals surface area contributed by atoms with E-state index in [9.17, 15) is 8.42 Å². The molecule has 1 aromatic rings. The normalized spacial score (nSPS) is 19.3. The van der Waals surface area contributed by atoms with Crippen molar-refractivity contribution in [2.24, 2.45) is 0 Å². The maximum Gasteiger partial charge on any atom is 0.243 e. The summed E-state index contributed by atoms with van der Waals surface area (Å²) in [5.41, 5.74) is 6.95. The number of ether oxygens (including phenoxy) is 1. The van der Waals surface area contributed by atoms with Gasteiger partial charge in [-0.05, 0) is 36.8 Å². The summed E-state index contributed by atoms with van der Waals surface area (Å²) < 4.78 is 32.7. The van der Waals surface area contributed by atoms with Crippen molar-refractivity contribution >= 4 is 27.5 Å². The molecule has 2 N–H and O–H groups in total. The van der Waals surface area contributed by atoms with E-state index in [1.807, 2.05) is 0 Å². The van der Waals surface area contributed by atoms with Crippen LogP contribution in [0, 0.1) is 6.92 Å². The minimum atomic E-state index is -3.55. The Labute approximate surface area is 130 Å². The number of rotatable bonds is 6. The number of aryl methyl sites for hydroxylation is 1. The third-order valence-electron chi connectivity index (χ3n) is 3.63. The highest BCUT2D eigenvalue weighted by atomic mass is 32.2. The van der Waals surface area contributed by atoms with E-state index in [2.05, 4.69) is 0 Å². The lowest BCUT2D eigenvalue weighted by Crippen LogP contribution is -2.42. The summed E-state index contributed by atoms with van der Waals surface area (Å²) in [5.74, 6) is 1.84. The standard InChI is InChI=1S/C14H22N2O3S2/c1-11-3-4-12(15)9-14(11)21(17,18)16(6-7-19-2)13-5-8-20-10-13/h3-4,9,13H,5-8,10,15H2,1-2H3. The molecule has 1 fully saturated rings. The lowest BCUT2D eigenvalue weighted by Gasteiger charge is -2.28. The van der Waals surface area contributed by atoms with Crippen molar-refractivity contribution in [3.8, 4) is 0 Å². The van der Waals surface area contributed by atoms with Crippen molar-refractivity contribution in [3.05, 3.63) is 23.8 Å². The Kier molecular flexibility index (Phi) is 5.54. The molecule has 0 bridgehead atoms. The highest BCUT2D eigenvalue weighted by Gasteiger charge is 2.34. The Morgan fingerprint density at radius 2 is 2.24 bits per heavy atom. The maximum atomic E-state index is 13.0. The summed E-state index contributed by atoms with van der Waals surface area (Å²) in [6, 6.07) is 5.06. The third-order valence-corrected chi connectivity index (χ3v) is 6.87. The summed E-state index contributed by atoms with van der Waals surface area (Å²) in [7, 11) is -1.97. The Balaban J connectivity index is 2.38. The van der Waals surface area contributed by atoms with Crippen LogP contribution in [-0.2, 0) is 14.8 Å². The SMILES string of the molecule is COCCN(C1CCSC1)S(=O)(=O)c1cc(N)ccc1C. The summed E-state index contributed by atoms with van der Waals surface area (Å²) in [6.45, 7) is 2.56. The highest BCUT2D eigenvalue weighted by Crippen LogP contribution is 2.29. The molecule has 0 aromatic heterocycles. The van der Waals surface area contributed by atoms with Gasteiger partial charge in [-0.3, -0.25) is 0 Å². The maximum absolute atomic E-state index is 13.0. The van der Waals surface area contributed by atoms with E-state index in [4.69, 9.17) is 10.5 Å². The predicted octanol–water partition coefficient (Wildman–Crippen LogP) is 1.72. The van der Waals surface area contributed by atoms with Crippen LogP contribution in [0.25, 0.3) is 0 Å². The van der Waals surface area contributed by atoms with Gasteiger partial charge >= 0.3 is 0 Å². The first-order chi connectivity index (χ1) is 9.96. The molecule has 0 aliphatic carbocycles. The fraction of sp³-hybridized carbons (Fsp3) is 0.571. The number of nitrogens with zero attached hydrogens (tertiary/aromatic N) is 1. The van der Waals surface area contributed by atoms with Gasteiger partial charge in [-0.1, -0.05) is 6.07 Å². The lowest BCUT2D eigenvalue weighted by molar-refractivity contribution is 0.169. The molecule has 1 aromatic carbocycles. The number of sulfonamides is 1. The zero-order valence-electron chi connectivity index (χ0n) is 12.4. The van der Waals surface area contributed by atoms with Gasteiger partial charge in [-0.2, -0.15) is 16.1 Å². The number of nitrogen functional groups attached to an aromatic ring is 1. The van der Waals surface area contributed by atoms with E-state index in [-0.39, 0.29) is 6.04 Å². The van der Waals surface area contributed by atoms with Crippen molar-refractivity contribution in [1.29, 1.82) is 0 Å². The van der Waals surface area contributed by atoms with E-state index in [0.717, 1.165) is 23.5 Å². The van der Waals surface area contributed by atoms with Crippen LogP contribution >= 0.6 is 11.8 Å². The minimum Gasteiger partial charge on any atom is -0.399 e. The predicted molar refractivity (Wildman–Crippen MR) is 87.1 cm³/mol. The molecule has 0 spiro atoms. The topological polar surface area (TPSA) is 72.6 Å². The largest absolute Gasteiger partial charge is 0.399 e. The molecular formula is C14H22N2O3S2. The number of hydrogen-bond donors (Lipinski definition) is 1. The molecule has 1 saturated heterocycles. The molecule has 0 saturated carbocycles. The van der Waals surface area contributed by atoms with Crippen molar-refractivity contribution in [3.63, 3.8) is 0 Å². The fourth-order valence-electron chi connectivity index (χ4n) is 2.45. The number of thioether (sulfide) groups is 1. The Morgan fingerprint density at radius 1 is 1.48 bits per heavy atom. The zero-order chi connectivity index (χ0) is 15.5. The fourth-order valence-corrected chi connectivity index (χ4v) is 5.67. The quantitative estimate of drug-likeness (QED) is 0.804. The van der Waals surface area contributed by atoms with Crippen LogP contribution in [0.15, 0.2) is 23.1 Å². The van der Waals surface area contributed by atoms with Gasteiger partial charge < -0.3 is 10.5 Å². The second kappa shape index (κ2) is 7.00. The first kappa shape index (κ1) is 16.6. The molecule has 1 aliphatic heterocycles. The number of nitrogens with two attached hydrogens (primary N) is 1. The number of hydrogen-bond acceptors (Lipinski definition) is 5. The van der Waals surface area contributed by atoms with Gasteiger partial charge in [-0.15, -0.1) is 0 Å². The summed E-state index contributed by atoms with van der Waals surface area (Å²) in [6.07, 6.45) is 0.884. The summed E-state index contributed by atoms with van der Waals surface area (Å²) >= 11 is 1.79. The van der Waals surface area contributed by atoms with Gasteiger partial charge in [0.25, 0.3) is 0 Å². The molecule has 0 radical (unpaired) electrons. The molecule has 118 valence electrons. The van der Waals surface area contributed by atoms with Gasteiger partial charge in [-0.25, -0.2) is 8.42 Å². The van der Waals surface area contributed by atoms with Crippen molar-refractivity contribution < 1.29 is 13.2 Å². The molecular weight excluding hydrogens is 308 g/mol. The van der Waals surface area contributed by atoms with Crippen LogP contribution in [0.1, 0.15) is 12.0 Å². The average Bonchev–Trinajstić information content (AvgIpc) is 2.95. The van der Waals surface area contributed by atoms with E-state index < -0.39 is 10.0 Å². The van der Waals surface area contributed by atoms with Gasteiger partial charge in [0.2, 0.25) is 10.0 Å². The van der Waals surface area contributed by atoms with E-state index in [1.165, 1.54) is 0 Å². The molecule has 1 aliphatic rings. The Morgan fingerprint density at radius 3 is 2.86 bits per heavy atom. The molecule has 7 heteroatoms. The molecule has 1 unspecified atom stereocenters. The Bertz CT molecular complexity index is 584. The first-order valence-corrected chi connectivity index (χ1v) is 9.51. The molecule has 5 nitrogen and oxygen atoms in total. The first-order valence-electron chi connectivity index (χ1n) is 6.91. The van der Waals surface area contributed by atoms with Gasteiger partial charge in [0.1, 0.15) is 0 Å². The van der Waals surface area contributed by atoms with Crippen molar-refractivity contribution in [1.82, 2.24) is 4.31 Å². The van der Waals surface area contributed by atoms with Crippen LogP contribution < -0.4 is 5.73 Å². The average molecular weight is 330 g/mol. The highest BCUT2D eigenvalue weighted by molar-refractivity contribution is 7.99. The minimum absolute atomic E-state index is 0.0379.